The summed E-state index contributed by atoms with van der Waals surface area (Å²) < 4.78 is 0. The van der Waals surface area contributed by atoms with Crippen molar-refractivity contribution in [2.45, 2.75) is 0 Å². The van der Waals surface area contributed by atoms with Crippen molar-refractivity contribution < 1.29 is 10.2 Å². The van der Waals surface area contributed by atoms with E-state index >= 15 is 0 Å². The molecule has 7 aromatic rings. The van der Waals surface area contributed by atoms with Crippen molar-refractivity contribution in [1.29, 1.82) is 0 Å². The molecule has 0 amide bonds. The van der Waals surface area contributed by atoms with Crippen molar-refractivity contribution in [2.75, 3.05) is 0 Å². The van der Waals surface area contributed by atoms with Crippen LogP contribution in [0.2, 0.25) is 0 Å². The molecule has 0 spiro atoms. The summed E-state index contributed by atoms with van der Waals surface area (Å²) in [6, 6.07) is 39.4. The summed E-state index contributed by atoms with van der Waals surface area (Å²) in [7, 11) is 18.6. The van der Waals surface area contributed by atoms with Crippen molar-refractivity contribution in [1.82, 2.24) is 0 Å². The van der Waals surface area contributed by atoms with E-state index in [0.29, 0.717) is 5.56 Å². The number of hydrogen-bond acceptors (Lipinski definition) is 2. The molecule has 0 bridgehead atoms. The predicted octanol–water partition coefficient (Wildman–Crippen LogP) is 5.94. The molecule has 7 rings (SSSR count). The Bertz CT molecular complexity index is 2070. The molecular formula is C36H21B3O2. The van der Waals surface area contributed by atoms with Gasteiger partial charge < -0.3 is 10.2 Å². The van der Waals surface area contributed by atoms with Gasteiger partial charge in [-0.25, -0.2) is 0 Å². The Labute approximate surface area is 242 Å². The van der Waals surface area contributed by atoms with Crippen LogP contribution in [0, 0.1) is 0 Å². The zero-order valence-corrected chi connectivity index (χ0v) is 22.1. The molecule has 2 nitrogen and oxygen atoms in total. The fraction of sp³-hybridized carbons (Fsp3) is 0. The lowest BCUT2D eigenvalue weighted by molar-refractivity contribution is 0.409. The number of hydrogen-bond donors (Lipinski definition) is 2. The van der Waals surface area contributed by atoms with Crippen LogP contribution in [0.3, 0.4) is 0 Å². The summed E-state index contributed by atoms with van der Waals surface area (Å²) in [6.45, 7) is 0. The summed E-state index contributed by atoms with van der Waals surface area (Å²) in [5.41, 5.74) is 5.38. The first kappa shape index (κ1) is 25.1. The first-order chi connectivity index (χ1) is 20.0. The van der Waals surface area contributed by atoms with E-state index in [4.69, 9.17) is 23.5 Å². The summed E-state index contributed by atoms with van der Waals surface area (Å²) in [5.74, 6) is -0.875. The van der Waals surface area contributed by atoms with Crippen LogP contribution < -0.4 is 16.4 Å². The van der Waals surface area contributed by atoms with Crippen molar-refractivity contribution in [3.8, 4) is 44.9 Å². The molecule has 41 heavy (non-hydrogen) atoms. The normalized spacial score (nSPS) is 11.4. The molecule has 0 aliphatic rings. The number of rotatable bonds is 3. The maximum Gasteiger partial charge on any atom is 0.164 e. The second kappa shape index (κ2) is 9.64. The zero-order valence-electron chi connectivity index (χ0n) is 22.1. The summed E-state index contributed by atoms with van der Waals surface area (Å²) >= 11 is 0. The average Bonchev–Trinajstić information content (AvgIpc) is 3.02. The van der Waals surface area contributed by atoms with Gasteiger partial charge in [0.05, 0.1) is 0 Å². The van der Waals surface area contributed by atoms with E-state index in [1.165, 1.54) is 5.39 Å². The molecule has 0 atom stereocenters. The molecule has 0 aliphatic carbocycles. The molecule has 0 unspecified atom stereocenters. The van der Waals surface area contributed by atoms with E-state index in [-0.39, 0.29) is 22.0 Å². The minimum Gasteiger partial charge on any atom is -0.505 e. The van der Waals surface area contributed by atoms with Crippen LogP contribution in [0.15, 0.2) is 115 Å². The minimum atomic E-state index is -0.481. The zero-order chi connectivity index (χ0) is 28.2. The third-order valence-electron chi connectivity index (χ3n) is 7.98. The lowest BCUT2D eigenvalue weighted by atomic mass is 9.68. The first-order valence-corrected chi connectivity index (χ1v) is 13.4. The molecule has 7 aromatic carbocycles. The van der Waals surface area contributed by atoms with Crippen LogP contribution in [-0.4, -0.2) is 33.8 Å². The molecule has 6 radical (unpaired) electrons. The third-order valence-corrected chi connectivity index (χ3v) is 7.98. The van der Waals surface area contributed by atoms with Crippen LogP contribution in [-0.2, 0) is 0 Å². The smallest absolute Gasteiger partial charge is 0.164 e. The van der Waals surface area contributed by atoms with Gasteiger partial charge in [0.15, 0.2) is 5.75 Å². The van der Waals surface area contributed by atoms with Crippen molar-refractivity contribution in [2.24, 2.45) is 0 Å². The number of phenols is 2. The van der Waals surface area contributed by atoms with Gasteiger partial charge in [0.2, 0.25) is 0 Å². The fourth-order valence-corrected chi connectivity index (χ4v) is 6.05. The molecule has 5 heteroatoms. The Kier molecular flexibility index (Phi) is 5.90. The van der Waals surface area contributed by atoms with E-state index in [1.807, 2.05) is 42.5 Å². The van der Waals surface area contributed by atoms with Gasteiger partial charge in [-0.2, -0.15) is 0 Å². The van der Waals surface area contributed by atoms with Gasteiger partial charge in [-0.3, -0.25) is 0 Å². The van der Waals surface area contributed by atoms with E-state index in [9.17, 15) is 10.2 Å². The molecule has 0 aliphatic heterocycles. The van der Waals surface area contributed by atoms with Crippen LogP contribution in [0.5, 0.6) is 11.5 Å². The molecule has 0 saturated heterocycles. The molecule has 0 saturated carbocycles. The van der Waals surface area contributed by atoms with Gasteiger partial charge in [-0.05, 0) is 66.7 Å². The summed E-state index contributed by atoms with van der Waals surface area (Å²) in [6.07, 6.45) is 0. The van der Waals surface area contributed by atoms with Crippen LogP contribution >= 0.6 is 0 Å². The Balaban J connectivity index is 1.65. The minimum absolute atomic E-state index is 0.0366. The largest absolute Gasteiger partial charge is 0.505 e. The van der Waals surface area contributed by atoms with Gasteiger partial charge in [-0.1, -0.05) is 114 Å². The Morgan fingerprint density at radius 1 is 0.390 bits per heavy atom. The Hall–Kier alpha value is -4.89. The number of aromatic hydroxyl groups is 2. The maximum atomic E-state index is 11.2. The number of benzene rings is 7. The highest BCUT2D eigenvalue weighted by Crippen LogP contribution is 2.47. The van der Waals surface area contributed by atoms with Gasteiger partial charge in [0, 0.05) is 11.1 Å². The van der Waals surface area contributed by atoms with Crippen LogP contribution in [0.4, 0.5) is 0 Å². The fourth-order valence-electron chi connectivity index (χ4n) is 6.05. The van der Waals surface area contributed by atoms with E-state index in [1.54, 1.807) is 0 Å². The molecule has 0 fully saturated rings. The molecule has 0 aromatic heterocycles. The quantitative estimate of drug-likeness (QED) is 0.173. The Morgan fingerprint density at radius 2 is 0.902 bits per heavy atom. The van der Waals surface area contributed by atoms with Gasteiger partial charge in [0.1, 0.15) is 29.3 Å². The number of phenolic OH excluding ortho intramolecular Hbond substituents is 2. The number of fused-ring (bicyclic) bond motifs is 3. The molecule has 2 N–H and O–H groups in total. The average molecular weight is 518 g/mol. The maximum absolute atomic E-state index is 11.2. The SMILES string of the molecule is [B]c1c([B])c(O)c(O)c(-c2c3ccccc3c(-c3cc(-c4ccccc4)c4ccccc4c3)c3ccccc23)c1[B]. The van der Waals surface area contributed by atoms with Crippen molar-refractivity contribution in [3.63, 3.8) is 0 Å². The van der Waals surface area contributed by atoms with Crippen LogP contribution in [0.25, 0.3) is 65.7 Å². The highest BCUT2D eigenvalue weighted by molar-refractivity contribution is 6.60. The molecular weight excluding hydrogens is 497 g/mol. The second-order valence-electron chi connectivity index (χ2n) is 10.3. The van der Waals surface area contributed by atoms with Gasteiger partial charge in [0.25, 0.3) is 0 Å². The monoisotopic (exact) mass is 518 g/mol. The van der Waals surface area contributed by atoms with Gasteiger partial charge in [-0.15, -0.1) is 5.46 Å². The standard InChI is InChI=1S/C36H21B3O2/c37-32-31(35(40)36(41)34(39)33(32)38)30-26-16-8-6-14-24(26)29(25-15-7-9-17-27(25)30)22-18-21-12-4-5-13-23(21)28(19-22)20-10-2-1-3-11-20/h1-19,40-41H. The predicted molar refractivity (Wildman–Crippen MR) is 175 cm³/mol. The van der Waals surface area contributed by atoms with Gasteiger partial charge >= 0.3 is 0 Å². The Morgan fingerprint density at radius 3 is 1.51 bits per heavy atom. The van der Waals surface area contributed by atoms with E-state index in [0.717, 1.165) is 49.2 Å². The lowest BCUT2D eigenvalue weighted by Crippen LogP contribution is -2.40. The van der Waals surface area contributed by atoms with Crippen molar-refractivity contribution in [3.05, 3.63) is 115 Å². The third kappa shape index (κ3) is 3.84. The summed E-state index contributed by atoms with van der Waals surface area (Å²) in [5, 5.41) is 27.8. The van der Waals surface area contributed by atoms with E-state index < -0.39 is 11.5 Å². The highest BCUT2D eigenvalue weighted by Gasteiger charge is 2.23. The highest BCUT2D eigenvalue weighted by atomic mass is 16.3. The van der Waals surface area contributed by atoms with E-state index in [2.05, 4.69) is 72.8 Å². The topological polar surface area (TPSA) is 40.5 Å². The first-order valence-electron chi connectivity index (χ1n) is 13.4. The molecule has 186 valence electrons. The second-order valence-corrected chi connectivity index (χ2v) is 10.3. The summed E-state index contributed by atoms with van der Waals surface area (Å²) in [4.78, 5) is 0. The van der Waals surface area contributed by atoms with Crippen molar-refractivity contribution >= 4 is 72.2 Å². The lowest BCUT2D eigenvalue weighted by Gasteiger charge is -2.23. The molecule has 0 heterocycles. The van der Waals surface area contributed by atoms with Crippen LogP contribution in [0.1, 0.15) is 0 Å².